The van der Waals surface area contributed by atoms with E-state index in [1.54, 1.807) is 0 Å². The van der Waals surface area contributed by atoms with Crippen molar-refractivity contribution < 1.29 is 4.74 Å². The summed E-state index contributed by atoms with van der Waals surface area (Å²) in [6, 6.07) is 1.15. The summed E-state index contributed by atoms with van der Waals surface area (Å²) in [5.41, 5.74) is 1.30. The third-order valence-corrected chi connectivity index (χ3v) is 3.81. The largest absolute Gasteiger partial charge is 0.377 e. The molecule has 1 aromatic rings. The van der Waals surface area contributed by atoms with E-state index >= 15 is 0 Å². The lowest BCUT2D eigenvalue weighted by Gasteiger charge is -2.20. The second kappa shape index (κ2) is 4.78. The molecule has 0 radical (unpaired) electrons. The van der Waals surface area contributed by atoms with Crippen molar-refractivity contribution in [3.8, 4) is 0 Å². The molecule has 2 atom stereocenters. The molecule has 2 unspecified atom stereocenters. The van der Waals surface area contributed by atoms with Gasteiger partial charge in [-0.2, -0.15) is 0 Å². The lowest BCUT2D eigenvalue weighted by molar-refractivity contribution is 0.0830. The highest BCUT2D eigenvalue weighted by molar-refractivity contribution is 5.03. The highest BCUT2D eigenvalue weighted by atomic mass is 16.5. The fourth-order valence-electron chi connectivity index (χ4n) is 2.54. The zero-order chi connectivity index (χ0) is 11.7. The van der Waals surface area contributed by atoms with Crippen LogP contribution in [0.4, 0.5) is 0 Å². The Hall–Kier alpha value is -0.870. The Morgan fingerprint density at radius 1 is 1.53 bits per heavy atom. The van der Waals surface area contributed by atoms with E-state index in [1.807, 2.05) is 12.5 Å². The maximum atomic E-state index is 5.69. The molecule has 94 valence electrons. The van der Waals surface area contributed by atoms with Crippen molar-refractivity contribution in [1.29, 1.82) is 0 Å². The maximum Gasteiger partial charge on any atom is 0.0951 e. The van der Waals surface area contributed by atoms with Crippen LogP contribution >= 0.6 is 0 Å². The van der Waals surface area contributed by atoms with Gasteiger partial charge in [0.1, 0.15) is 0 Å². The van der Waals surface area contributed by atoms with Gasteiger partial charge in [-0.3, -0.25) is 0 Å². The van der Waals surface area contributed by atoms with Crippen molar-refractivity contribution in [2.24, 2.45) is 0 Å². The summed E-state index contributed by atoms with van der Waals surface area (Å²) in [4.78, 5) is 4.25. The van der Waals surface area contributed by atoms with Gasteiger partial charge in [0.05, 0.1) is 18.1 Å². The van der Waals surface area contributed by atoms with Gasteiger partial charge in [-0.25, -0.2) is 4.98 Å². The smallest absolute Gasteiger partial charge is 0.0951 e. The average molecular weight is 235 g/mol. The van der Waals surface area contributed by atoms with E-state index in [-0.39, 0.29) is 0 Å². The summed E-state index contributed by atoms with van der Waals surface area (Å²) in [5, 5.41) is 3.56. The van der Waals surface area contributed by atoms with Crippen LogP contribution < -0.4 is 5.32 Å². The second-order valence-electron chi connectivity index (χ2n) is 5.24. The van der Waals surface area contributed by atoms with Gasteiger partial charge in [-0.15, -0.1) is 0 Å². The molecular weight excluding hydrogens is 214 g/mol. The molecule has 4 heteroatoms. The Morgan fingerprint density at radius 3 is 3.12 bits per heavy atom. The summed E-state index contributed by atoms with van der Waals surface area (Å²) >= 11 is 0. The first kappa shape index (κ1) is 11.2. The van der Waals surface area contributed by atoms with Crippen molar-refractivity contribution in [3.05, 3.63) is 18.2 Å². The topological polar surface area (TPSA) is 39.1 Å². The van der Waals surface area contributed by atoms with Gasteiger partial charge in [0.15, 0.2) is 0 Å². The minimum Gasteiger partial charge on any atom is -0.377 e. The predicted octanol–water partition coefficient (Wildman–Crippen LogP) is 1.88. The Kier molecular flexibility index (Phi) is 3.16. The number of nitrogens with one attached hydrogen (secondary N) is 1. The maximum absolute atomic E-state index is 5.69. The van der Waals surface area contributed by atoms with Crippen LogP contribution in [0.25, 0.3) is 0 Å². The molecule has 2 fully saturated rings. The van der Waals surface area contributed by atoms with Gasteiger partial charge in [0, 0.05) is 31.4 Å². The molecule has 1 N–H and O–H groups in total. The first-order valence-electron chi connectivity index (χ1n) is 6.70. The van der Waals surface area contributed by atoms with E-state index in [2.05, 4.69) is 21.8 Å². The Balaban J connectivity index is 1.54. The highest BCUT2D eigenvalue weighted by Gasteiger charge is 2.26. The molecule has 1 aliphatic heterocycles. The summed E-state index contributed by atoms with van der Waals surface area (Å²) in [6.45, 7) is 4.04. The van der Waals surface area contributed by atoms with Gasteiger partial charge >= 0.3 is 0 Å². The third kappa shape index (κ3) is 2.53. The highest BCUT2D eigenvalue weighted by Crippen LogP contribution is 2.35. The van der Waals surface area contributed by atoms with Gasteiger partial charge in [-0.1, -0.05) is 0 Å². The number of hydrogen-bond acceptors (Lipinski definition) is 3. The molecule has 4 nitrogen and oxygen atoms in total. The fourth-order valence-corrected chi connectivity index (χ4v) is 2.54. The number of hydrogen-bond donors (Lipinski definition) is 1. The van der Waals surface area contributed by atoms with Crippen molar-refractivity contribution in [2.75, 3.05) is 6.61 Å². The molecular formula is C13H21N3O. The molecule has 0 bridgehead atoms. The normalized spacial score (nSPS) is 26.3. The number of imidazole rings is 1. The molecule has 1 aliphatic carbocycles. The Morgan fingerprint density at radius 2 is 2.41 bits per heavy atom. The first-order valence-corrected chi connectivity index (χ1v) is 6.70. The fraction of sp³-hybridized carbons (Fsp3) is 0.769. The van der Waals surface area contributed by atoms with Crippen LogP contribution in [0.3, 0.4) is 0 Å². The Bertz CT molecular complexity index is 366. The van der Waals surface area contributed by atoms with Crippen LogP contribution in [0.2, 0.25) is 0 Å². The SMILES string of the molecule is CC(NCc1cncn1C1CC1)C1CCCO1. The molecule has 3 rings (SSSR count). The van der Waals surface area contributed by atoms with Gasteiger partial charge in [-0.05, 0) is 32.6 Å². The third-order valence-electron chi connectivity index (χ3n) is 3.81. The summed E-state index contributed by atoms with van der Waals surface area (Å²) in [6.07, 6.45) is 9.35. The van der Waals surface area contributed by atoms with Gasteiger partial charge < -0.3 is 14.6 Å². The number of aromatic nitrogens is 2. The summed E-state index contributed by atoms with van der Waals surface area (Å²) in [7, 11) is 0. The monoisotopic (exact) mass is 235 g/mol. The first-order chi connectivity index (χ1) is 8.34. The molecule has 1 saturated heterocycles. The van der Waals surface area contributed by atoms with Crippen molar-refractivity contribution >= 4 is 0 Å². The second-order valence-corrected chi connectivity index (χ2v) is 5.24. The predicted molar refractivity (Wildman–Crippen MR) is 65.8 cm³/mol. The van der Waals surface area contributed by atoms with Crippen molar-refractivity contribution in [2.45, 2.75) is 57.3 Å². The van der Waals surface area contributed by atoms with Crippen LogP contribution in [0.15, 0.2) is 12.5 Å². The molecule has 0 aromatic carbocycles. The standard InChI is InChI=1S/C13H21N3O/c1-10(13-3-2-6-17-13)15-8-12-7-14-9-16(12)11-4-5-11/h7,9-11,13,15H,2-6,8H2,1H3. The van der Waals surface area contributed by atoms with E-state index < -0.39 is 0 Å². The van der Waals surface area contributed by atoms with Gasteiger partial charge in [0.25, 0.3) is 0 Å². The van der Waals surface area contributed by atoms with E-state index in [1.165, 1.54) is 31.4 Å². The van der Waals surface area contributed by atoms with Crippen LogP contribution in [0.1, 0.15) is 44.3 Å². The number of rotatable bonds is 5. The number of nitrogens with zero attached hydrogens (tertiary/aromatic N) is 2. The lowest BCUT2D eigenvalue weighted by atomic mass is 10.1. The van der Waals surface area contributed by atoms with E-state index in [0.717, 1.165) is 13.2 Å². The molecule has 17 heavy (non-hydrogen) atoms. The van der Waals surface area contributed by atoms with Crippen LogP contribution in [0.5, 0.6) is 0 Å². The van der Waals surface area contributed by atoms with E-state index in [4.69, 9.17) is 4.74 Å². The molecule has 1 aromatic heterocycles. The molecule has 2 heterocycles. The number of ether oxygens (including phenoxy) is 1. The summed E-state index contributed by atoms with van der Waals surface area (Å²) in [5.74, 6) is 0. The van der Waals surface area contributed by atoms with E-state index in [9.17, 15) is 0 Å². The average Bonchev–Trinajstić information content (AvgIpc) is 2.87. The van der Waals surface area contributed by atoms with Crippen molar-refractivity contribution in [1.82, 2.24) is 14.9 Å². The molecule has 2 aliphatic rings. The van der Waals surface area contributed by atoms with Crippen LogP contribution in [0, 0.1) is 0 Å². The Labute approximate surface area is 102 Å². The van der Waals surface area contributed by atoms with Crippen LogP contribution in [-0.2, 0) is 11.3 Å². The van der Waals surface area contributed by atoms with Crippen LogP contribution in [-0.4, -0.2) is 28.3 Å². The quantitative estimate of drug-likeness (QED) is 0.847. The van der Waals surface area contributed by atoms with E-state index in [0.29, 0.717) is 18.2 Å². The lowest BCUT2D eigenvalue weighted by Crippen LogP contribution is -2.36. The van der Waals surface area contributed by atoms with Gasteiger partial charge in [0.2, 0.25) is 0 Å². The van der Waals surface area contributed by atoms with Crippen molar-refractivity contribution in [3.63, 3.8) is 0 Å². The molecule has 0 amide bonds. The molecule has 0 spiro atoms. The summed E-state index contributed by atoms with van der Waals surface area (Å²) < 4.78 is 8.00. The minimum absolute atomic E-state index is 0.396. The zero-order valence-corrected chi connectivity index (χ0v) is 10.4. The molecule has 1 saturated carbocycles. The zero-order valence-electron chi connectivity index (χ0n) is 10.4. The minimum atomic E-state index is 0.396.